The van der Waals surface area contributed by atoms with Gasteiger partial charge in [-0.2, -0.15) is 0 Å². The van der Waals surface area contributed by atoms with Gasteiger partial charge < -0.3 is 9.80 Å². The van der Waals surface area contributed by atoms with Crippen LogP contribution in [-0.2, 0) is 4.79 Å². The van der Waals surface area contributed by atoms with Gasteiger partial charge in [0.1, 0.15) is 0 Å². The molecule has 2 heterocycles. The number of para-hydroxylation sites is 1. The number of Topliss-reactive ketones (excluding diaryl/α,β-unsaturated/α-hetero) is 1. The molecule has 0 spiro atoms. The Kier molecular flexibility index (Phi) is 3.57. The number of likely N-dealkylation sites (tertiary alicyclic amines) is 1. The van der Waals surface area contributed by atoms with E-state index in [1.165, 1.54) is 19.3 Å². The number of carbonyl (C=O) groups is 2. The zero-order valence-electron chi connectivity index (χ0n) is 11.9. The van der Waals surface area contributed by atoms with E-state index < -0.39 is 0 Å². The van der Waals surface area contributed by atoms with Gasteiger partial charge in [-0.05, 0) is 44.5 Å². The largest absolute Gasteiger partial charge is 0.303 e. The van der Waals surface area contributed by atoms with Gasteiger partial charge in [0.05, 0.1) is 11.3 Å². The Morgan fingerprint density at radius 1 is 1.05 bits per heavy atom. The summed E-state index contributed by atoms with van der Waals surface area (Å²) < 4.78 is 0. The fourth-order valence-corrected chi connectivity index (χ4v) is 3.18. The Morgan fingerprint density at radius 2 is 1.80 bits per heavy atom. The summed E-state index contributed by atoms with van der Waals surface area (Å²) in [5.74, 6) is -0.728. The lowest BCUT2D eigenvalue weighted by Crippen LogP contribution is -2.40. The molecule has 20 heavy (non-hydrogen) atoms. The minimum absolute atomic E-state index is 0.359. The van der Waals surface area contributed by atoms with Gasteiger partial charge in [-0.25, -0.2) is 0 Å². The van der Waals surface area contributed by atoms with E-state index in [-0.39, 0.29) is 11.7 Å². The van der Waals surface area contributed by atoms with E-state index in [0.717, 1.165) is 30.9 Å². The van der Waals surface area contributed by atoms with Crippen LogP contribution in [0, 0.1) is 6.92 Å². The van der Waals surface area contributed by atoms with Crippen molar-refractivity contribution in [2.75, 3.05) is 31.1 Å². The average Bonchev–Trinajstić information content (AvgIpc) is 2.72. The van der Waals surface area contributed by atoms with Crippen LogP contribution in [0.25, 0.3) is 0 Å². The quantitative estimate of drug-likeness (QED) is 0.790. The molecule has 4 nitrogen and oxygen atoms in total. The molecule has 0 aromatic heterocycles. The number of ketones is 1. The minimum atomic E-state index is -0.369. The van der Waals surface area contributed by atoms with Crippen LogP contribution in [0.1, 0.15) is 35.2 Å². The van der Waals surface area contributed by atoms with Crippen LogP contribution in [0.15, 0.2) is 18.2 Å². The van der Waals surface area contributed by atoms with Crippen molar-refractivity contribution in [1.29, 1.82) is 0 Å². The molecule has 0 aliphatic carbocycles. The molecule has 106 valence electrons. The Balaban J connectivity index is 1.77. The molecule has 1 aromatic carbocycles. The number of piperidine rings is 1. The van der Waals surface area contributed by atoms with Crippen molar-refractivity contribution in [3.63, 3.8) is 0 Å². The van der Waals surface area contributed by atoms with Gasteiger partial charge in [-0.3, -0.25) is 9.59 Å². The van der Waals surface area contributed by atoms with Gasteiger partial charge in [0.25, 0.3) is 11.7 Å². The van der Waals surface area contributed by atoms with Crippen LogP contribution < -0.4 is 4.90 Å². The van der Waals surface area contributed by atoms with Crippen molar-refractivity contribution in [1.82, 2.24) is 4.90 Å². The van der Waals surface area contributed by atoms with E-state index in [9.17, 15) is 9.59 Å². The maximum Gasteiger partial charge on any atom is 0.299 e. The van der Waals surface area contributed by atoms with Crippen LogP contribution in [0.3, 0.4) is 0 Å². The number of carbonyl (C=O) groups excluding carboxylic acids is 2. The average molecular weight is 272 g/mol. The smallest absolute Gasteiger partial charge is 0.299 e. The molecular weight excluding hydrogens is 252 g/mol. The number of rotatable bonds is 3. The van der Waals surface area contributed by atoms with Crippen LogP contribution in [0.4, 0.5) is 5.69 Å². The van der Waals surface area contributed by atoms with Gasteiger partial charge >= 0.3 is 0 Å². The SMILES string of the molecule is Cc1cccc2c1N(CCN1CCCCC1)C(=O)C2=O. The molecule has 0 radical (unpaired) electrons. The number of hydrogen-bond donors (Lipinski definition) is 0. The summed E-state index contributed by atoms with van der Waals surface area (Å²) in [7, 11) is 0. The predicted molar refractivity (Wildman–Crippen MR) is 78.2 cm³/mol. The van der Waals surface area contributed by atoms with E-state index >= 15 is 0 Å². The normalized spacial score (nSPS) is 19.6. The Bertz CT molecular complexity index is 547. The van der Waals surface area contributed by atoms with Crippen LogP contribution in [-0.4, -0.2) is 42.8 Å². The summed E-state index contributed by atoms with van der Waals surface area (Å²) in [5.41, 5.74) is 2.38. The zero-order chi connectivity index (χ0) is 14.1. The highest BCUT2D eigenvalue weighted by Crippen LogP contribution is 2.31. The Labute approximate surface area is 119 Å². The van der Waals surface area contributed by atoms with Gasteiger partial charge in [0.2, 0.25) is 0 Å². The molecular formula is C16H20N2O2. The molecule has 3 rings (SSSR count). The van der Waals surface area contributed by atoms with E-state index in [1.54, 1.807) is 11.0 Å². The highest BCUT2D eigenvalue weighted by molar-refractivity contribution is 6.52. The number of anilines is 1. The van der Waals surface area contributed by atoms with Crippen molar-refractivity contribution in [3.8, 4) is 0 Å². The highest BCUT2D eigenvalue weighted by atomic mass is 16.2. The topological polar surface area (TPSA) is 40.6 Å². The van der Waals surface area contributed by atoms with Crippen LogP contribution >= 0.6 is 0 Å². The second-order valence-electron chi connectivity index (χ2n) is 5.66. The summed E-state index contributed by atoms with van der Waals surface area (Å²) in [6, 6.07) is 5.55. The Morgan fingerprint density at radius 3 is 2.55 bits per heavy atom. The monoisotopic (exact) mass is 272 g/mol. The molecule has 0 bridgehead atoms. The number of aryl methyl sites for hydroxylation is 1. The summed E-state index contributed by atoms with van der Waals surface area (Å²) in [4.78, 5) is 28.2. The second kappa shape index (κ2) is 5.37. The molecule has 2 aliphatic rings. The summed E-state index contributed by atoms with van der Waals surface area (Å²) in [6.07, 6.45) is 3.78. The minimum Gasteiger partial charge on any atom is -0.303 e. The molecule has 0 saturated carbocycles. The van der Waals surface area contributed by atoms with Crippen LogP contribution in [0.5, 0.6) is 0 Å². The maximum absolute atomic E-state index is 12.1. The molecule has 0 N–H and O–H groups in total. The van der Waals surface area contributed by atoms with Gasteiger partial charge in [-0.15, -0.1) is 0 Å². The Hall–Kier alpha value is -1.68. The third-order valence-electron chi connectivity index (χ3n) is 4.28. The number of fused-ring (bicyclic) bond motifs is 1. The summed E-state index contributed by atoms with van der Waals surface area (Å²) in [5, 5.41) is 0. The lowest BCUT2D eigenvalue weighted by Gasteiger charge is -2.28. The van der Waals surface area contributed by atoms with Crippen molar-refractivity contribution in [3.05, 3.63) is 29.3 Å². The van der Waals surface area contributed by atoms with Crippen LogP contribution in [0.2, 0.25) is 0 Å². The lowest BCUT2D eigenvalue weighted by molar-refractivity contribution is -0.114. The first-order valence-electron chi connectivity index (χ1n) is 7.36. The lowest BCUT2D eigenvalue weighted by atomic mass is 10.1. The molecule has 1 fully saturated rings. The van der Waals surface area contributed by atoms with E-state index in [4.69, 9.17) is 0 Å². The van der Waals surface area contributed by atoms with E-state index in [2.05, 4.69) is 4.90 Å². The van der Waals surface area contributed by atoms with Crippen molar-refractivity contribution in [2.45, 2.75) is 26.2 Å². The molecule has 0 unspecified atom stereocenters. The van der Waals surface area contributed by atoms with Crippen molar-refractivity contribution >= 4 is 17.4 Å². The number of hydrogen-bond acceptors (Lipinski definition) is 3. The molecule has 1 aromatic rings. The van der Waals surface area contributed by atoms with Gasteiger partial charge in [0.15, 0.2) is 0 Å². The van der Waals surface area contributed by atoms with Gasteiger partial charge in [-0.1, -0.05) is 18.6 Å². The predicted octanol–water partition coefficient (Wildman–Crippen LogP) is 2.01. The highest BCUT2D eigenvalue weighted by Gasteiger charge is 2.36. The third kappa shape index (κ3) is 2.24. The molecule has 2 aliphatic heterocycles. The van der Waals surface area contributed by atoms with Crippen molar-refractivity contribution < 1.29 is 9.59 Å². The first kappa shape index (κ1) is 13.3. The summed E-state index contributed by atoms with van der Waals surface area (Å²) in [6.45, 7) is 5.64. The number of amides is 1. The fourth-order valence-electron chi connectivity index (χ4n) is 3.18. The van der Waals surface area contributed by atoms with Gasteiger partial charge in [0, 0.05) is 13.1 Å². The van der Waals surface area contributed by atoms with E-state index in [0.29, 0.717) is 12.1 Å². The molecule has 4 heteroatoms. The summed E-state index contributed by atoms with van der Waals surface area (Å²) >= 11 is 0. The maximum atomic E-state index is 12.1. The zero-order valence-corrected chi connectivity index (χ0v) is 11.9. The molecule has 1 amide bonds. The second-order valence-corrected chi connectivity index (χ2v) is 5.66. The molecule has 1 saturated heterocycles. The van der Waals surface area contributed by atoms with Crippen molar-refractivity contribution in [2.24, 2.45) is 0 Å². The molecule has 0 atom stereocenters. The first-order chi connectivity index (χ1) is 9.68. The fraction of sp³-hybridized carbons (Fsp3) is 0.500. The first-order valence-corrected chi connectivity index (χ1v) is 7.36. The van der Waals surface area contributed by atoms with E-state index in [1.807, 2.05) is 19.1 Å². The third-order valence-corrected chi connectivity index (χ3v) is 4.28. The number of benzene rings is 1. The standard InChI is InChI=1S/C16H20N2O2/c1-12-6-5-7-13-14(12)18(16(20)15(13)19)11-10-17-8-3-2-4-9-17/h5-7H,2-4,8-11H2,1H3. The number of nitrogens with zero attached hydrogens (tertiary/aromatic N) is 2.